The van der Waals surface area contributed by atoms with E-state index >= 15 is 0 Å². The van der Waals surface area contributed by atoms with Gasteiger partial charge in [-0.15, -0.1) is 22.8 Å². The van der Waals surface area contributed by atoms with Crippen molar-refractivity contribution in [1.82, 2.24) is 14.8 Å². The molecular formula is C17H21N5OS. The lowest BCUT2D eigenvalue weighted by Crippen LogP contribution is -2.20. The standard InChI is InChI=1S/C17H21N5OS/c1-21-15(19-20-17(21)24)13-7-6-12(18-16(23)11-4-5-11)10-14(13)22-8-2-3-9-22/h6-7,10-11H,2-5,8-9H2,1H3,(H,18,23)(H,20,24). The number of amides is 1. The van der Waals surface area contributed by atoms with Crippen LogP contribution < -0.4 is 10.2 Å². The van der Waals surface area contributed by atoms with Crippen LogP contribution in [0.5, 0.6) is 0 Å². The molecule has 0 spiro atoms. The normalized spacial score (nSPS) is 17.3. The van der Waals surface area contributed by atoms with Crippen LogP contribution in [0.2, 0.25) is 0 Å². The Morgan fingerprint density at radius 3 is 2.62 bits per heavy atom. The van der Waals surface area contributed by atoms with Crippen LogP contribution in [0.1, 0.15) is 25.7 Å². The SMILES string of the molecule is Cn1c(S)nnc1-c1ccc(NC(=O)C2CC2)cc1N1CCCC1. The van der Waals surface area contributed by atoms with Gasteiger partial charge in [-0.1, -0.05) is 0 Å². The summed E-state index contributed by atoms with van der Waals surface area (Å²) in [5.41, 5.74) is 2.98. The van der Waals surface area contributed by atoms with Crippen molar-refractivity contribution in [1.29, 1.82) is 0 Å². The number of carbonyl (C=O) groups is 1. The van der Waals surface area contributed by atoms with Gasteiger partial charge in [0.1, 0.15) is 0 Å². The zero-order chi connectivity index (χ0) is 16.7. The molecule has 1 N–H and O–H groups in total. The monoisotopic (exact) mass is 343 g/mol. The molecule has 1 saturated carbocycles. The number of hydrogen-bond acceptors (Lipinski definition) is 5. The molecule has 0 unspecified atom stereocenters. The van der Waals surface area contributed by atoms with Gasteiger partial charge in [0.15, 0.2) is 11.0 Å². The number of hydrogen-bond donors (Lipinski definition) is 2. The van der Waals surface area contributed by atoms with Gasteiger partial charge in [0.05, 0.1) is 0 Å². The molecule has 7 heteroatoms. The van der Waals surface area contributed by atoms with Crippen LogP contribution in [0.15, 0.2) is 23.4 Å². The molecular weight excluding hydrogens is 322 g/mol. The second-order valence-corrected chi connectivity index (χ2v) is 6.97. The van der Waals surface area contributed by atoms with E-state index in [4.69, 9.17) is 0 Å². The largest absolute Gasteiger partial charge is 0.371 e. The topological polar surface area (TPSA) is 63.1 Å². The summed E-state index contributed by atoms with van der Waals surface area (Å²) < 4.78 is 1.88. The number of thiol groups is 1. The number of aromatic nitrogens is 3. The molecule has 1 aliphatic carbocycles. The number of benzene rings is 1. The Hall–Kier alpha value is -2.02. The molecule has 1 saturated heterocycles. The molecule has 126 valence electrons. The third-order valence-corrected chi connectivity index (χ3v) is 5.14. The molecule has 2 fully saturated rings. The van der Waals surface area contributed by atoms with E-state index in [1.165, 1.54) is 12.8 Å². The van der Waals surface area contributed by atoms with E-state index in [0.717, 1.165) is 48.7 Å². The zero-order valence-corrected chi connectivity index (χ0v) is 14.6. The summed E-state index contributed by atoms with van der Waals surface area (Å²) in [6.07, 6.45) is 4.39. The van der Waals surface area contributed by atoms with E-state index in [1.54, 1.807) is 0 Å². The Kier molecular flexibility index (Phi) is 3.96. The predicted molar refractivity (Wildman–Crippen MR) is 96.5 cm³/mol. The zero-order valence-electron chi connectivity index (χ0n) is 13.7. The molecule has 0 bridgehead atoms. The highest BCUT2D eigenvalue weighted by Crippen LogP contribution is 2.36. The summed E-state index contributed by atoms with van der Waals surface area (Å²) in [4.78, 5) is 14.4. The molecule has 2 heterocycles. The van der Waals surface area contributed by atoms with Crippen molar-refractivity contribution in [2.45, 2.75) is 30.8 Å². The van der Waals surface area contributed by atoms with Crippen LogP contribution in [0.25, 0.3) is 11.4 Å². The Morgan fingerprint density at radius 1 is 1.25 bits per heavy atom. The van der Waals surface area contributed by atoms with Crippen LogP contribution in [0, 0.1) is 5.92 Å². The first-order chi connectivity index (χ1) is 11.6. The molecule has 0 radical (unpaired) electrons. The quantitative estimate of drug-likeness (QED) is 0.838. The van der Waals surface area contributed by atoms with Crippen molar-refractivity contribution >= 4 is 29.9 Å². The smallest absolute Gasteiger partial charge is 0.227 e. The lowest BCUT2D eigenvalue weighted by molar-refractivity contribution is -0.117. The van der Waals surface area contributed by atoms with Gasteiger partial charge in [0.25, 0.3) is 0 Å². The molecule has 2 aromatic rings. The average Bonchev–Trinajstić information content (AvgIpc) is 3.20. The van der Waals surface area contributed by atoms with E-state index in [0.29, 0.717) is 5.16 Å². The molecule has 1 aliphatic heterocycles. The van der Waals surface area contributed by atoms with Crippen LogP contribution in [0.3, 0.4) is 0 Å². The first-order valence-corrected chi connectivity index (χ1v) is 8.87. The highest BCUT2D eigenvalue weighted by atomic mass is 32.1. The van der Waals surface area contributed by atoms with Crippen molar-refractivity contribution in [3.05, 3.63) is 18.2 Å². The van der Waals surface area contributed by atoms with Gasteiger partial charge in [-0.25, -0.2) is 0 Å². The van der Waals surface area contributed by atoms with E-state index in [2.05, 4.69) is 39.1 Å². The fourth-order valence-electron chi connectivity index (χ4n) is 3.16. The van der Waals surface area contributed by atoms with Crippen molar-refractivity contribution in [3.63, 3.8) is 0 Å². The van der Waals surface area contributed by atoms with Crippen LogP contribution in [-0.2, 0) is 11.8 Å². The number of nitrogens with zero attached hydrogens (tertiary/aromatic N) is 4. The first-order valence-electron chi connectivity index (χ1n) is 8.42. The van der Waals surface area contributed by atoms with Gasteiger partial charge in [-0.3, -0.25) is 4.79 Å². The summed E-state index contributed by atoms with van der Waals surface area (Å²) >= 11 is 4.33. The number of carbonyl (C=O) groups excluding carboxylic acids is 1. The lowest BCUT2D eigenvalue weighted by Gasteiger charge is -2.22. The Bertz CT molecular complexity index is 777. The van der Waals surface area contributed by atoms with Gasteiger partial charge in [-0.05, 0) is 43.9 Å². The summed E-state index contributed by atoms with van der Waals surface area (Å²) in [5, 5.41) is 11.9. The Balaban J connectivity index is 1.72. The molecule has 1 aromatic carbocycles. The van der Waals surface area contributed by atoms with Crippen LogP contribution >= 0.6 is 12.6 Å². The second-order valence-electron chi connectivity index (χ2n) is 6.57. The molecule has 2 aliphatic rings. The molecule has 6 nitrogen and oxygen atoms in total. The second kappa shape index (κ2) is 6.12. The highest BCUT2D eigenvalue weighted by molar-refractivity contribution is 7.80. The Morgan fingerprint density at radius 2 is 2.00 bits per heavy atom. The van der Waals surface area contributed by atoms with Gasteiger partial charge in [0.2, 0.25) is 5.91 Å². The van der Waals surface area contributed by atoms with Crippen molar-refractivity contribution in [2.75, 3.05) is 23.3 Å². The summed E-state index contributed by atoms with van der Waals surface area (Å²) in [6, 6.07) is 6.03. The van der Waals surface area contributed by atoms with E-state index < -0.39 is 0 Å². The van der Waals surface area contributed by atoms with E-state index in [1.807, 2.05) is 23.7 Å². The maximum Gasteiger partial charge on any atom is 0.227 e. The summed E-state index contributed by atoms with van der Waals surface area (Å²) in [7, 11) is 1.91. The lowest BCUT2D eigenvalue weighted by atomic mass is 10.1. The van der Waals surface area contributed by atoms with Gasteiger partial charge in [-0.2, -0.15) is 0 Å². The fourth-order valence-corrected chi connectivity index (χ4v) is 3.30. The minimum atomic E-state index is 0.131. The number of rotatable bonds is 4. The van der Waals surface area contributed by atoms with Crippen LogP contribution in [0.4, 0.5) is 11.4 Å². The minimum absolute atomic E-state index is 0.131. The first kappa shape index (κ1) is 15.5. The number of nitrogens with one attached hydrogen (secondary N) is 1. The Labute approximate surface area is 146 Å². The molecule has 4 rings (SSSR count). The maximum atomic E-state index is 12.1. The summed E-state index contributed by atoms with van der Waals surface area (Å²) in [5.74, 6) is 1.12. The average molecular weight is 343 g/mol. The molecule has 1 aromatic heterocycles. The van der Waals surface area contributed by atoms with Crippen molar-refractivity contribution < 1.29 is 4.79 Å². The molecule has 1 amide bonds. The summed E-state index contributed by atoms with van der Waals surface area (Å²) in [6.45, 7) is 2.05. The number of anilines is 2. The maximum absolute atomic E-state index is 12.1. The fraction of sp³-hybridized carbons (Fsp3) is 0.471. The van der Waals surface area contributed by atoms with Gasteiger partial charge >= 0.3 is 0 Å². The molecule has 0 atom stereocenters. The van der Waals surface area contributed by atoms with Crippen LogP contribution in [-0.4, -0.2) is 33.8 Å². The minimum Gasteiger partial charge on any atom is -0.371 e. The highest BCUT2D eigenvalue weighted by Gasteiger charge is 2.30. The van der Waals surface area contributed by atoms with Crippen molar-refractivity contribution in [3.8, 4) is 11.4 Å². The van der Waals surface area contributed by atoms with E-state index in [-0.39, 0.29) is 11.8 Å². The molecule has 24 heavy (non-hydrogen) atoms. The third kappa shape index (κ3) is 2.88. The van der Waals surface area contributed by atoms with Gasteiger partial charge in [0, 0.05) is 43.0 Å². The van der Waals surface area contributed by atoms with E-state index in [9.17, 15) is 4.79 Å². The predicted octanol–water partition coefficient (Wildman–Crippen LogP) is 2.72. The van der Waals surface area contributed by atoms with Crippen molar-refractivity contribution in [2.24, 2.45) is 13.0 Å². The third-order valence-electron chi connectivity index (χ3n) is 4.75. The van der Waals surface area contributed by atoms with Gasteiger partial charge < -0.3 is 14.8 Å².